The van der Waals surface area contributed by atoms with Crippen molar-refractivity contribution in [3.8, 4) is 0 Å². The second-order valence-corrected chi connectivity index (χ2v) is 3.95. The number of hydrogen-bond acceptors (Lipinski definition) is 4. The molecule has 19 heavy (non-hydrogen) atoms. The first-order chi connectivity index (χ1) is 9.13. The first kappa shape index (κ1) is 12.7. The molecule has 2 rings (SSSR count). The van der Waals surface area contributed by atoms with E-state index in [1.807, 2.05) is 0 Å². The third kappa shape index (κ3) is 2.57. The predicted octanol–water partition coefficient (Wildman–Crippen LogP) is 1.93. The van der Waals surface area contributed by atoms with Crippen LogP contribution >= 0.6 is 0 Å². The van der Waals surface area contributed by atoms with Crippen LogP contribution in [0.1, 0.15) is 21.5 Å². The van der Waals surface area contributed by atoms with E-state index in [0.717, 1.165) is 5.56 Å². The van der Waals surface area contributed by atoms with E-state index in [0.29, 0.717) is 16.8 Å². The van der Waals surface area contributed by atoms with Crippen LogP contribution in [-0.2, 0) is 0 Å². The van der Waals surface area contributed by atoms with Gasteiger partial charge in [0.25, 0.3) is 5.91 Å². The van der Waals surface area contributed by atoms with E-state index in [2.05, 4.69) is 10.5 Å². The molecule has 0 atom stereocenters. The zero-order valence-electron chi connectivity index (χ0n) is 10.3. The molecule has 0 aliphatic rings. The normalized spacial score (nSPS) is 11.3. The molecule has 1 heterocycles. The molecule has 0 saturated carbocycles. The van der Waals surface area contributed by atoms with Gasteiger partial charge in [-0.3, -0.25) is 4.79 Å². The number of rotatable bonds is 3. The van der Waals surface area contributed by atoms with Crippen molar-refractivity contribution in [1.82, 2.24) is 0 Å². The fraction of sp³-hybridized carbons (Fsp3) is 0.0769. The highest BCUT2D eigenvalue weighted by atomic mass is 16.4. The molecule has 0 aliphatic heterocycles. The monoisotopic (exact) mass is 259 g/mol. The highest BCUT2D eigenvalue weighted by molar-refractivity contribution is 6.10. The van der Waals surface area contributed by atoms with Gasteiger partial charge in [-0.1, -0.05) is 17.3 Å². The number of furan rings is 1. The van der Waals surface area contributed by atoms with Gasteiger partial charge >= 0.3 is 0 Å². The van der Waals surface area contributed by atoms with Crippen LogP contribution in [0.5, 0.6) is 0 Å². The van der Waals surface area contributed by atoms with Gasteiger partial charge in [-0.05, 0) is 24.6 Å². The average Bonchev–Trinajstić information content (AvgIpc) is 2.92. The number of nitrogens with two attached hydrogens (primary N) is 1. The lowest BCUT2D eigenvalue weighted by Gasteiger charge is -2.11. The molecule has 6 heteroatoms. The molecule has 0 fully saturated rings. The molecule has 98 valence electrons. The molecule has 2 aromatic rings. The minimum absolute atomic E-state index is 0.0550. The number of amidine groups is 1. The second kappa shape index (κ2) is 5.26. The highest BCUT2D eigenvalue weighted by Gasteiger charge is 2.14. The number of benzene rings is 1. The van der Waals surface area contributed by atoms with Crippen LogP contribution in [0, 0.1) is 6.92 Å². The maximum absolute atomic E-state index is 11.9. The molecule has 0 radical (unpaired) electrons. The number of carbonyl (C=O) groups excluding carboxylic acids is 1. The summed E-state index contributed by atoms with van der Waals surface area (Å²) in [4.78, 5) is 11.9. The summed E-state index contributed by atoms with van der Waals surface area (Å²) < 4.78 is 4.85. The average molecular weight is 259 g/mol. The lowest BCUT2D eigenvalue weighted by atomic mass is 10.1. The van der Waals surface area contributed by atoms with Crippen molar-refractivity contribution in [2.45, 2.75) is 6.92 Å². The molecule has 1 aromatic carbocycles. The summed E-state index contributed by atoms with van der Waals surface area (Å²) in [5, 5.41) is 14.5. The Kier molecular flexibility index (Phi) is 3.51. The van der Waals surface area contributed by atoms with Crippen molar-refractivity contribution >= 4 is 17.4 Å². The molecular formula is C13H13N3O3. The van der Waals surface area contributed by atoms with Crippen molar-refractivity contribution in [2.24, 2.45) is 10.9 Å². The fourth-order valence-corrected chi connectivity index (χ4v) is 1.75. The van der Waals surface area contributed by atoms with Crippen LogP contribution < -0.4 is 11.1 Å². The van der Waals surface area contributed by atoms with Crippen LogP contribution in [0.3, 0.4) is 0 Å². The number of nitrogens with one attached hydrogen (secondary N) is 1. The van der Waals surface area contributed by atoms with Gasteiger partial charge in [0.1, 0.15) is 6.26 Å². The molecule has 1 amide bonds. The molecular weight excluding hydrogens is 246 g/mol. The van der Waals surface area contributed by atoms with Gasteiger partial charge in [-0.2, -0.15) is 0 Å². The summed E-state index contributed by atoms with van der Waals surface area (Å²) in [6, 6.07) is 6.81. The first-order valence-electron chi connectivity index (χ1n) is 5.54. The Morgan fingerprint density at radius 1 is 1.42 bits per heavy atom. The third-order valence-electron chi connectivity index (χ3n) is 2.67. The number of oxime groups is 1. The van der Waals surface area contributed by atoms with Crippen molar-refractivity contribution < 1.29 is 14.4 Å². The van der Waals surface area contributed by atoms with E-state index < -0.39 is 0 Å². The Morgan fingerprint density at radius 2 is 2.21 bits per heavy atom. The van der Waals surface area contributed by atoms with Crippen LogP contribution in [-0.4, -0.2) is 17.0 Å². The van der Waals surface area contributed by atoms with Gasteiger partial charge < -0.3 is 20.7 Å². The smallest absolute Gasteiger partial charge is 0.258 e. The summed E-state index contributed by atoms with van der Waals surface area (Å²) in [5.41, 5.74) is 7.77. The van der Waals surface area contributed by atoms with Gasteiger partial charge in [-0.15, -0.1) is 0 Å². The SMILES string of the molecule is Cc1cccc(NC(=O)c2ccoc2)c1/C(N)=N/O. The minimum Gasteiger partial charge on any atom is -0.472 e. The highest BCUT2D eigenvalue weighted by Crippen LogP contribution is 2.20. The van der Waals surface area contributed by atoms with E-state index in [9.17, 15) is 4.79 Å². The van der Waals surface area contributed by atoms with E-state index >= 15 is 0 Å². The summed E-state index contributed by atoms with van der Waals surface area (Å²) in [7, 11) is 0. The third-order valence-corrected chi connectivity index (χ3v) is 2.67. The van der Waals surface area contributed by atoms with Gasteiger partial charge in [0.2, 0.25) is 0 Å². The Balaban J connectivity index is 2.36. The lowest BCUT2D eigenvalue weighted by molar-refractivity contribution is 0.102. The first-order valence-corrected chi connectivity index (χ1v) is 5.54. The number of anilines is 1. The Hall–Kier alpha value is -2.76. The molecule has 0 bridgehead atoms. The van der Waals surface area contributed by atoms with Crippen molar-refractivity contribution in [1.29, 1.82) is 0 Å². The number of carbonyl (C=O) groups is 1. The maximum Gasteiger partial charge on any atom is 0.258 e. The van der Waals surface area contributed by atoms with E-state index in [-0.39, 0.29) is 11.7 Å². The van der Waals surface area contributed by atoms with Gasteiger partial charge in [0.15, 0.2) is 5.84 Å². The zero-order valence-corrected chi connectivity index (χ0v) is 10.3. The number of nitrogens with zero attached hydrogens (tertiary/aromatic N) is 1. The second-order valence-electron chi connectivity index (χ2n) is 3.95. The van der Waals surface area contributed by atoms with E-state index in [1.54, 1.807) is 31.2 Å². The predicted molar refractivity (Wildman–Crippen MR) is 70.4 cm³/mol. The number of aryl methyl sites for hydroxylation is 1. The number of amides is 1. The van der Waals surface area contributed by atoms with Crippen LogP contribution in [0.4, 0.5) is 5.69 Å². The van der Waals surface area contributed by atoms with E-state index in [1.165, 1.54) is 12.5 Å². The summed E-state index contributed by atoms with van der Waals surface area (Å²) >= 11 is 0. The topological polar surface area (TPSA) is 101 Å². The minimum atomic E-state index is -0.327. The lowest BCUT2D eigenvalue weighted by Crippen LogP contribution is -2.20. The van der Waals surface area contributed by atoms with Crippen LogP contribution in [0.2, 0.25) is 0 Å². The molecule has 0 spiro atoms. The Labute approximate surface area is 109 Å². The van der Waals surface area contributed by atoms with Gasteiger partial charge in [-0.25, -0.2) is 0 Å². The van der Waals surface area contributed by atoms with Crippen molar-refractivity contribution in [3.05, 3.63) is 53.5 Å². The maximum atomic E-state index is 11.9. The van der Waals surface area contributed by atoms with Crippen LogP contribution in [0.15, 0.2) is 46.4 Å². The fourth-order valence-electron chi connectivity index (χ4n) is 1.75. The molecule has 0 aliphatic carbocycles. The molecule has 0 saturated heterocycles. The van der Waals surface area contributed by atoms with Crippen molar-refractivity contribution in [2.75, 3.05) is 5.32 Å². The molecule has 4 N–H and O–H groups in total. The van der Waals surface area contributed by atoms with Crippen molar-refractivity contribution in [3.63, 3.8) is 0 Å². The van der Waals surface area contributed by atoms with Gasteiger partial charge in [0, 0.05) is 5.56 Å². The molecule has 6 nitrogen and oxygen atoms in total. The quantitative estimate of drug-likeness (QED) is 0.339. The van der Waals surface area contributed by atoms with E-state index in [4.69, 9.17) is 15.4 Å². The molecule has 0 unspecified atom stereocenters. The Bertz CT molecular complexity index is 618. The van der Waals surface area contributed by atoms with Crippen LogP contribution in [0.25, 0.3) is 0 Å². The van der Waals surface area contributed by atoms with Gasteiger partial charge in [0.05, 0.1) is 17.5 Å². The summed E-state index contributed by atoms with van der Waals surface area (Å²) in [6.45, 7) is 1.81. The standard InChI is InChI=1S/C13H13N3O3/c1-8-3-2-4-10(11(8)12(14)16-18)15-13(17)9-5-6-19-7-9/h2-7,18H,1H3,(H2,14,16)(H,15,17). The number of hydrogen-bond donors (Lipinski definition) is 3. The zero-order chi connectivity index (χ0) is 13.8. The summed E-state index contributed by atoms with van der Waals surface area (Å²) in [5.74, 6) is -0.382. The largest absolute Gasteiger partial charge is 0.472 e. The summed E-state index contributed by atoms with van der Waals surface area (Å²) in [6.07, 6.45) is 2.75. The Morgan fingerprint density at radius 3 is 2.84 bits per heavy atom. The molecule has 1 aromatic heterocycles.